The highest BCUT2D eigenvalue weighted by atomic mass is 32.2. The third kappa shape index (κ3) is 2.65. The molecule has 7 nitrogen and oxygen atoms in total. The molecule has 0 radical (unpaired) electrons. The Labute approximate surface area is 111 Å². The largest absolute Gasteiger partial charge is 0.477 e. The first-order chi connectivity index (χ1) is 8.83. The second kappa shape index (κ2) is 4.95. The number of hydrogen-bond donors (Lipinski definition) is 3. The van der Waals surface area contributed by atoms with Gasteiger partial charge in [0.2, 0.25) is 10.0 Å². The Morgan fingerprint density at radius 1 is 1.47 bits per heavy atom. The van der Waals surface area contributed by atoms with Crippen molar-refractivity contribution in [3.8, 4) is 0 Å². The molecular weight excluding hydrogens is 272 g/mol. The molecule has 0 saturated carbocycles. The van der Waals surface area contributed by atoms with Gasteiger partial charge < -0.3 is 14.8 Å². The third-order valence-electron chi connectivity index (χ3n) is 3.10. The molecule has 3 N–H and O–H groups in total. The molecule has 1 aliphatic heterocycles. The van der Waals surface area contributed by atoms with E-state index in [2.05, 4.69) is 9.71 Å². The number of sulfonamides is 1. The van der Waals surface area contributed by atoms with Crippen LogP contribution in [0.15, 0.2) is 4.90 Å². The molecule has 19 heavy (non-hydrogen) atoms. The smallest absolute Gasteiger partial charge is 0.352 e. The van der Waals surface area contributed by atoms with Crippen molar-refractivity contribution in [3.63, 3.8) is 0 Å². The lowest BCUT2D eigenvalue weighted by Crippen LogP contribution is -2.35. The molecule has 1 aromatic rings. The molecule has 1 aliphatic rings. The van der Waals surface area contributed by atoms with Gasteiger partial charge in [-0.05, 0) is 20.3 Å². The van der Waals surface area contributed by atoms with Crippen LogP contribution in [-0.4, -0.2) is 43.7 Å². The van der Waals surface area contributed by atoms with Crippen molar-refractivity contribution in [3.05, 3.63) is 17.0 Å². The number of carbonyl (C=O) groups is 1. The predicted molar refractivity (Wildman–Crippen MR) is 66.8 cm³/mol. The topological polar surface area (TPSA) is 108 Å². The van der Waals surface area contributed by atoms with E-state index in [1.165, 1.54) is 6.92 Å². The van der Waals surface area contributed by atoms with Crippen LogP contribution in [0, 0.1) is 13.8 Å². The molecule has 0 aliphatic carbocycles. The lowest BCUT2D eigenvalue weighted by atomic mass is 10.2. The number of ether oxygens (including phenoxy) is 1. The lowest BCUT2D eigenvalue weighted by molar-refractivity contribution is 0.0690. The first-order valence-corrected chi connectivity index (χ1v) is 7.33. The Bertz CT molecular complexity index is 599. The van der Waals surface area contributed by atoms with Crippen LogP contribution in [0.4, 0.5) is 0 Å². The molecule has 1 atom stereocenters. The van der Waals surface area contributed by atoms with Crippen molar-refractivity contribution in [2.24, 2.45) is 0 Å². The molecule has 0 spiro atoms. The molecule has 1 saturated heterocycles. The molecule has 0 amide bonds. The minimum atomic E-state index is -3.74. The van der Waals surface area contributed by atoms with E-state index in [0.29, 0.717) is 25.3 Å². The average molecular weight is 288 g/mol. The maximum Gasteiger partial charge on any atom is 0.352 e. The van der Waals surface area contributed by atoms with E-state index in [1.54, 1.807) is 6.92 Å². The average Bonchev–Trinajstić information content (AvgIpc) is 2.86. The molecular formula is C11H16N2O5S. The molecule has 1 unspecified atom stereocenters. The van der Waals surface area contributed by atoms with Crippen molar-refractivity contribution in [2.45, 2.75) is 31.2 Å². The normalized spacial score (nSPS) is 19.8. The van der Waals surface area contributed by atoms with Gasteiger partial charge in [-0.3, -0.25) is 0 Å². The number of H-pyrrole nitrogens is 1. The zero-order valence-corrected chi connectivity index (χ0v) is 11.5. The molecule has 2 heterocycles. The summed E-state index contributed by atoms with van der Waals surface area (Å²) in [6.07, 6.45) is 0.619. The summed E-state index contributed by atoms with van der Waals surface area (Å²) < 4.78 is 32.2. The molecule has 0 bridgehead atoms. The molecule has 2 rings (SSSR count). The Kier molecular flexibility index (Phi) is 3.66. The van der Waals surface area contributed by atoms with Gasteiger partial charge in [-0.1, -0.05) is 0 Å². The van der Waals surface area contributed by atoms with Gasteiger partial charge in [0.15, 0.2) is 0 Å². The Morgan fingerprint density at radius 3 is 2.63 bits per heavy atom. The molecule has 8 heteroatoms. The summed E-state index contributed by atoms with van der Waals surface area (Å²) in [6.45, 7) is 3.89. The van der Waals surface area contributed by atoms with Gasteiger partial charge in [0, 0.05) is 23.9 Å². The van der Waals surface area contributed by atoms with Crippen LogP contribution >= 0.6 is 0 Å². The van der Waals surface area contributed by atoms with Crippen molar-refractivity contribution < 1.29 is 23.1 Å². The highest BCUT2D eigenvalue weighted by Gasteiger charge is 2.29. The number of carboxylic acid groups (broad SMARTS) is 1. The Morgan fingerprint density at radius 2 is 2.16 bits per heavy atom. The zero-order chi connectivity index (χ0) is 14.2. The van der Waals surface area contributed by atoms with E-state index < -0.39 is 16.0 Å². The van der Waals surface area contributed by atoms with E-state index >= 15 is 0 Å². The zero-order valence-electron chi connectivity index (χ0n) is 10.7. The van der Waals surface area contributed by atoms with Crippen LogP contribution in [-0.2, 0) is 14.8 Å². The van der Waals surface area contributed by atoms with Gasteiger partial charge >= 0.3 is 5.97 Å². The number of hydrogen-bond acceptors (Lipinski definition) is 4. The van der Waals surface area contributed by atoms with Gasteiger partial charge in [0.1, 0.15) is 10.6 Å². The summed E-state index contributed by atoms with van der Waals surface area (Å²) in [5.41, 5.74) is 0.443. The number of nitrogens with one attached hydrogen (secondary N) is 2. The van der Waals surface area contributed by atoms with Crippen molar-refractivity contribution in [2.75, 3.05) is 13.2 Å². The van der Waals surface area contributed by atoms with E-state index in [1.807, 2.05) is 0 Å². The van der Waals surface area contributed by atoms with Gasteiger partial charge in [0.05, 0.1) is 6.61 Å². The fourth-order valence-corrected chi connectivity index (χ4v) is 3.96. The Balaban J connectivity index is 2.37. The number of aromatic carboxylic acids is 1. The fourth-order valence-electron chi connectivity index (χ4n) is 2.26. The van der Waals surface area contributed by atoms with Crippen molar-refractivity contribution in [1.82, 2.24) is 9.71 Å². The van der Waals surface area contributed by atoms with Gasteiger partial charge in [-0.2, -0.15) is 0 Å². The minimum Gasteiger partial charge on any atom is -0.477 e. The first-order valence-electron chi connectivity index (χ1n) is 5.85. The van der Waals surface area contributed by atoms with Gasteiger partial charge in [-0.25, -0.2) is 17.9 Å². The highest BCUT2D eigenvalue weighted by molar-refractivity contribution is 7.89. The molecule has 0 aromatic carbocycles. The standard InChI is InChI=1S/C11H16N2O5S/c1-6-9(11(14)15)12-7(2)10(6)19(16,17)13-8-3-4-18-5-8/h8,12-13H,3-5H2,1-2H3,(H,14,15). The second-order valence-electron chi connectivity index (χ2n) is 4.57. The van der Waals surface area contributed by atoms with Crippen molar-refractivity contribution in [1.29, 1.82) is 0 Å². The maximum atomic E-state index is 12.3. The van der Waals surface area contributed by atoms with Crippen LogP contribution in [0.25, 0.3) is 0 Å². The van der Waals surface area contributed by atoms with E-state index in [-0.39, 0.29) is 22.2 Å². The third-order valence-corrected chi connectivity index (χ3v) is 4.90. The quantitative estimate of drug-likeness (QED) is 0.743. The monoisotopic (exact) mass is 288 g/mol. The highest BCUT2D eigenvalue weighted by Crippen LogP contribution is 2.23. The summed E-state index contributed by atoms with van der Waals surface area (Å²) in [7, 11) is -3.74. The van der Waals surface area contributed by atoms with Crippen LogP contribution in [0.3, 0.4) is 0 Å². The van der Waals surface area contributed by atoms with Crippen LogP contribution < -0.4 is 4.72 Å². The first kappa shape index (κ1) is 14.0. The van der Waals surface area contributed by atoms with Crippen molar-refractivity contribution >= 4 is 16.0 Å². The summed E-state index contributed by atoms with van der Waals surface area (Å²) >= 11 is 0. The predicted octanol–water partition coefficient (Wildman–Crippen LogP) is 0.397. The number of carboxylic acids is 1. The number of rotatable bonds is 4. The summed E-state index contributed by atoms with van der Waals surface area (Å²) in [5, 5.41) is 8.99. The molecule has 106 valence electrons. The maximum absolute atomic E-state index is 12.3. The SMILES string of the molecule is Cc1[nH]c(C(=O)O)c(C)c1S(=O)(=O)NC1CCOC1. The van der Waals surface area contributed by atoms with E-state index in [0.717, 1.165) is 0 Å². The second-order valence-corrected chi connectivity index (χ2v) is 6.22. The molecule has 1 aromatic heterocycles. The summed E-state index contributed by atoms with van der Waals surface area (Å²) in [5.74, 6) is -1.17. The summed E-state index contributed by atoms with van der Waals surface area (Å²) in [4.78, 5) is 13.6. The van der Waals surface area contributed by atoms with Crippen LogP contribution in [0.2, 0.25) is 0 Å². The number of aromatic nitrogens is 1. The van der Waals surface area contributed by atoms with Gasteiger partial charge in [0.25, 0.3) is 0 Å². The van der Waals surface area contributed by atoms with Crippen LogP contribution in [0.1, 0.15) is 28.2 Å². The van der Waals surface area contributed by atoms with E-state index in [4.69, 9.17) is 9.84 Å². The van der Waals surface area contributed by atoms with Gasteiger partial charge in [-0.15, -0.1) is 0 Å². The van der Waals surface area contributed by atoms with Crippen LogP contribution in [0.5, 0.6) is 0 Å². The Hall–Kier alpha value is -1.38. The summed E-state index contributed by atoms with van der Waals surface area (Å²) in [6, 6.07) is -0.257. The number of aryl methyl sites for hydroxylation is 1. The number of aromatic amines is 1. The fraction of sp³-hybridized carbons (Fsp3) is 0.545. The van der Waals surface area contributed by atoms with E-state index in [9.17, 15) is 13.2 Å². The lowest BCUT2D eigenvalue weighted by Gasteiger charge is -2.12. The molecule has 1 fully saturated rings. The minimum absolute atomic E-state index is 0.0109.